The highest BCUT2D eigenvalue weighted by atomic mass is 15.1. The maximum atomic E-state index is 10.2. The molecule has 0 aliphatic carbocycles. The molecule has 0 amide bonds. The maximum Gasteiger partial charge on any atom is 0.138 e. The van der Waals surface area contributed by atoms with Crippen LogP contribution in [0.1, 0.15) is 16.7 Å². The second-order valence-electron chi connectivity index (χ2n) is 10.9. The van der Waals surface area contributed by atoms with Crippen LogP contribution >= 0.6 is 0 Å². The van der Waals surface area contributed by atoms with E-state index in [9.17, 15) is 5.26 Å². The third kappa shape index (κ3) is 3.38. The second kappa shape index (κ2) is 9.19. The third-order valence-electron chi connectivity index (χ3n) is 8.47. The third-order valence-corrected chi connectivity index (χ3v) is 8.47. The van der Waals surface area contributed by atoms with Crippen LogP contribution in [0.25, 0.3) is 66.2 Å². The number of rotatable bonds is 3. The molecule has 0 N–H and O–H groups in total. The van der Waals surface area contributed by atoms with Gasteiger partial charge in [-0.3, -0.25) is 4.57 Å². The molecule has 8 aromatic rings. The minimum absolute atomic E-state index is 0.631. The Morgan fingerprint density at radius 3 is 1.79 bits per heavy atom. The molecular formula is C38H26N4. The van der Waals surface area contributed by atoms with Crippen molar-refractivity contribution < 1.29 is 0 Å². The summed E-state index contributed by atoms with van der Waals surface area (Å²) in [5.41, 5.74) is 10.3. The first-order valence-electron chi connectivity index (χ1n) is 14.1. The predicted molar refractivity (Wildman–Crippen MR) is 173 cm³/mol. The zero-order valence-electron chi connectivity index (χ0n) is 23.3. The van der Waals surface area contributed by atoms with Gasteiger partial charge in [0.2, 0.25) is 0 Å². The summed E-state index contributed by atoms with van der Waals surface area (Å²) in [5.74, 6) is 0.819. The van der Waals surface area contributed by atoms with Crippen LogP contribution in [-0.2, 0) is 0 Å². The first-order valence-corrected chi connectivity index (χ1v) is 14.1. The lowest BCUT2D eigenvalue weighted by atomic mass is 9.99. The molecule has 3 heterocycles. The first kappa shape index (κ1) is 24.2. The number of nitriles is 1. The molecule has 0 aliphatic rings. The fourth-order valence-electron chi connectivity index (χ4n) is 6.64. The lowest BCUT2D eigenvalue weighted by Gasteiger charge is -2.18. The van der Waals surface area contributed by atoms with Crippen molar-refractivity contribution in [2.24, 2.45) is 0 Å². The molecule has 42 heavy (non-hydrogen) atoms. The minimum Gasteiger partial charge on any atom is -0.307 e. The lowest BCUT2D eigenvalue weighted by molar-refractivity contribution is 1.05. The van der Waals surface area contributed by atoms with E-state index >= 15 is 0 Å². The van der Waals surface area contributed by atoms with Gasteiger partial charge in [-0.25, -0.2) is 4.98 Å². The number of fused-ring (bicyclic) bond motifs is 6. The Bertz CT molecular complexity index is 2400. The number of aryl methyl sites for hydroxylation is 2. The van der Waals surface area contributed by atoms with Gasteiger partial charge in [0.1, 0.15) is 5.82 Å². The van der Waals surface area contributed by atoms with Gasteiger partial charge in [-0.1, -0.05) is 91.0 Å². The number of nitrogens with zero attached hydrogens (tertiary/aromatic N) is 4. The van der Waals surface area contributed by atoms with Crippen molar-refractivity contribution in [1.82, 2.24) is 14.1 Å². The van der Waals surface area contributed by atoms with E-state index in [4.69, 9.17) is 4.98 Å². The fraction of sp³-hybridized carbons (Fsp3) is 0.0526. The molecule has 0 unspecified atom stereocenters. The summed E-state index contributed by atoms with van der Waals surface area (Å²) in [6.07, 6.45) is 1.98. The Balaban J connectivity index is 1.53. The molecule has 8 rings (SSSR count). The molecule has 5 aromatic carbocycles. The molecular weight excluding hydrogens is 512 g/mol. The summed E-state index contributed by atoms with van der Waals surface area (Å²) in [7, 11) is 0. The SMILES string of the molecule is Cc1cccc2c3ccccc3n(-c3cc(-c4ccccc4C#N)c(-n4c5ccccc5c5cccc(C)c54)cn3)c12. The Morgan fingerprint density at radius 1 is 0.571 bits per heavy atom. The molecule has 0 atom stereocenters. The van der Waals surface area contributed by atoms with E-state index in [1.807, 2.05) is 30.5 Å². The van der Waals surface area contributed by atoms with Gasteiger partial charge in [-0.15, -0.1) is 0 Å². The summed E-state index contributed by atoms with van der Waals surface area (Å²) in [6, 6.07) is 42.4. The summed E-state index contributed by atoms with van der Waals surface area (Å²) >= 11 is 0. The van der Waals surface area contributed by atoms with Crippen LogP contribution in [0.15, 0.2) is 121 Å². The molecule has 4 heteroatoms. The van der Waals surface area contributed by atoms with Crippen LogP contribution in [-0.4, -0.2) is 14.1 Å². The molecule has 0 saturated carbocycles. The molecule has 3 aromatic heterocycles. The van der Waals surface area contributed by atoms with Crippen molar-refractivity contribution in [1.29, 1.82) is 5.26 Å². The van der Waals surface area contributed by atoms with E-state index in [1.165, 1.54) is 32.7 Å². The van der Waals surface area contributed by atoms with Crippen molar-refractivity contribution in [3.63, 3.8) is 0 Å². The van der Waals surface area contributed by atoms with E-state index in [0.29, 0.717) is 5.56 Å². The lowest BCUT2D eigenvalue weighted by Crippen LogP contribution is -2.04. The largest absolute Gasteiger partial charge is 0.307 e. The average molecular weight is 539 g/mol. The van der Waals surface area contributed by atoms with E-state index < -0.39 is 0 Å². The zero-order valence-corrected chi connectivity index (χ0v) is 23.3. The van der Waals surface area contributed by atoms with Gasteiger partial charge in [-0.2, -0.15) is 5.26 Å². The van der Waals surface area contributed by atoms with Crippen molar-refractivity contribution in [3.05, 3.63) is 138 Å². The number of para-hydroxylation sites is 4. The monoisotopic (exact) mass is 538 g/mol. The smallest absolute Gasteiger partial charge is 0.138 e. The van der Waals surface area contributed by atoms with Gasteiger partial charge in [0.25, 0.3) is 0 Å². The maximum absolute atomic E-state index is 10.2. The fourth-order valence-corrected chi connectivity index (χ4v) is 6.64. The van der Waals surface area contributed by atoms with Crippen LogP contribution < -0.4 is 0 Å². The zero-order chi connectivity index (χ0) is 28.4. The number of benzene rings is 5. The van der Waals surface area contributed by atoms with Gasteiger partial charge in [0.15, 0.2) is 0 Å². The van der Waals surface area contributed by atoms with Crippen molar-refractivity contribution in [2.75, 3.05) is 0 Å². The van der Waals surface area contributed by atoms with Gasteiger partial charge >= 0.3 is 0 Å². The number of hydrogen-bond acceptors (Lipinski definition) is 2. The Morgan fingerprint density at radius 2 is 1.12 bits per heavy atom. The molecule has 0 fully saturated rings. The highest BCUT2D eigenvalue weighted by Crippen LogP contribution is 2.40. The van der Waals surface area contributed by atoms with Crippen LogP contribution in [0.4, 0.5) is 0 Å². The quantitative estimate of drug-likeness (QED) is 0.225. The highest BCUT2D eigenvalue weighted by molar-refractivity contribution is 6.12. The number of aromatic nitrogens is 3. The second-order valence-corrected chi connectivity index (χ2v) is 10.9. The standard InChI is InChI=1S/C38H26N4/c1-24-11-9-17-30-28-15-5-7-19-33(28)41(37(24)30)35-23-40-36(21-32(35)27-14-4-3-13-26(27)22-39)42-34-20-8-6-16-29(34)31-18-10-12-25(2)38(31)42/h3-21,23H,1-2H3. The average Bonchev–Trinajstić information content (AvgIpc) is 3.56. The van der Waals surface area contributed by atoms with Gasteiger partial charge in [-0.05, 0) is 49.2 Å². The summed E-state index contributed by atoms with van der Waals surface area (Å²) in [4.78, 5) is 5.16. The van der Waals surface area contributed by atoms with Crippen LogP contribution in [0.3, 0.4) is 0 Å². The van der Waals surface area contributed by atoms with E-state index in [0.717, 1.165) is 44.7 Å². The van der Waals surface area contributed by atoms with Gasteiger partial charge in [0, 0.05) is 32.7 Å². The summed E-state index contributed by atoms with van der Waals surface area (Å²) in [5, 5.41) is 15.0. The van der Waals surface area contributed by atoms with E-state index in [2.05, 4.69) is 120 Å². The van der Waals surface area contributed by atoms with Crippen molar-refractivity contribution in [3.8, 4) is 28.7 Å². The first-order chi connectivity index (χ1) is 20.7. The molecule has 0 saturated heterocycles. The minimum atomic E-state index is 0.631. The molecule has 0 bridgehead atoms. The molecule has 4 nitrogen and oxygen atoms in total. The van der Waals surface area contributed by atoms with E-state index in [1.54, 1.807) is 0 Å². The molecule has 0 spiro atoms. The van der Waals surface area contributed by atoms with Crippen molar-refractivity contribution in [2.45, 2.75) is 13.8 Å². The van der Waals surface area contributed by atoms with Crippen LogP contribution in [0.5, 0.6) is 0 Å². The summed E-state index contributed by atoms with van der Waals surface area (Å²) in [6.45, 7) is 4.31. The summed E-state index contributed by atoms with van der Waals surface area (Å²) < 4.78 is 4.58. The molecule has 0 radical (unpaired) electrons. The topological polar surface area (TPSA) is 46.5 Å². The van der Waals surface area contributed by atoms with Crippen LogP contribution in [0.2, 0.25) is 0 Å². The normalized spacial score (nSPS) is 11.5. The van der Waals surface area contributed by atoms with Gasteiger partial charge in [0.05, 0.1) is 45.6 Å². The molecule has 0 aliphatic heterocycles. The molecule has 198 valence electrons. The Labute approximate surface area is 243 Å². The Kier molecular flexibility index (Phi) is 5.29. The number of hydrogen-bond donors (Lipinski definition) is 0. The van der Waals surface area contributed by atoms with E-state index in [-0.39, 0.29) is 0 Å². The number of pyridine rings is 1. The van der Waals surface area contributed by atoms with Gasteiger partial charge < -0.3 is 4.57 Å². The van der Waals surface area contributed by atoms with Crippen molar-refractivity contribution >= 4 is 43.6 Å². The van der Waals surface area contributed by atoms with Crippen LogP contribution in [0, 0.1) is 25.2 Å². The Hall–Kier alpha value is -5.66. The predicted octanol–water partition coefficient (Wildman–Crippen LogP) is 9.43. The highest BCUT2D eigenvalue weighted by Gasteiger charge is 2.21.